The van der Waals surface area contributed by atoms with Crippen LogP contribution >= 0.6 is 23.2 Å². The van der Waals surface area contributed by atoms with Gasteiger partial charge in [0.25, 0.3) is 5.91 Å². The first-order chi connectivity index (χ1) is 11.4. The maximum atomic E-state index is 12.3. The summed E-state index contributed by atoms with van der Waals surface area (Å²) in [5.74, 6) is -0.485. The highest BCUT2D eigenvalue weighted by atomic mass is 35.5. The predicted octanol–water partition coefficient (Wildman–Crippen LogP) is 3.37. The molecule has 128 valence electrons. The Bertz CT molecular complexity index is 676. The van der Waals surface area contributed by atoms with Crippen LogP contribution in [0, 0.1) is 11.3 Å². The molecule has 0 bridgehead atoms. The lowest BCUT2D eigenvalue weighted by molar-refractivity contribution is -0.112. The number of hydrogen-bond acceptors (Lipinski definition) is 4. The summed E-state index contributed by atoms with van der Waals surface area (Å²) >= 11 is 11.9. The van der Waals surface area contributed by atoms with Gasteiger partial charge in [-0.1, -0.05) is 23.2 Å². The molecule has 0 unspecified atom stereocenters. The number of amides is 1. The lowest BCUT2D eigenvalue weighted by atomic mass is 10.0. The Morgan fingerprint density at radius 1 is 1.42 bits per heavy atom. The van der Waals surface area contributed by atoms with Crippen LogP contribution in [0.15, 0.2) is 30.0 Å². The van der Waals surface area contributed by atoms with Crippen molar-refractivity contribution in [3.05, 3.63) is 40.0 Å². The Labute approximate surface area is 152 Å². The number of anilines is 1. The third-order valence-corrected chi connectivity index (χ3v) is 4.69. The molecule has 1 saturated heterocycles. The smallest absolute Gasteiger partial charge is 0.267 e. The number of nitrogens with zero attached hydrogens (tertiary/aromatic N) is 3. The molecule has 1 heterocycles. The van der Waals surface area contributed by atoms with Crippen LogP contribution in [0.25, 0.3) is 0 Å². The van der Waals surface area contributed by atoms with E-state index in [2.05, 4.69) is 17.3 Å². The number of piperidine rings is 1. The molecule has 0 aliphatic carbocycles. The summed E-state index contributed by atoms with van der Waals surface area (Å²) in [5, 5.41) is 12.8. The summed E-state index contributed by atoms with van der Waals surface area (Å²) < 4.78 is 0. The Balaban J connectivity index is 2.06. The summed E-state index contributed by atoms with van der Waals surface area (Å²) in [5.41, 5.74) is 0.469. The van der Waals surface area contributed by atoms with Gasteiger partial charge in [-0.3, -0.25) is 4.79 Å². The zero-order valence-corrected chi connectivity index (χ0v) is 15.2. The van der Waals surface area contributed by atoms with E-state index < -0.39 is 5.91 Å². The van der Waals surface area contributed by atoms with Gasteiger partial charge in [-0.25, -0.2) is 0 Å². The van der Waals surface area contributed by atoms with E-state index in [0.29, 0.717) is 21.8 Å². The fourth-order valence-corrected chi connectivity index (χ4v) is 3.09. The average molecular weight is 367 g/mol. The Kier molecular flexibility index (Phi) is 6.50. The van der Waals surface area contributed by atoms with E-state index in [1.54, 1.807) is 24.4 Å². The lowest BCUT2D eigenvalue weighted by Crippen LogP contribution is -2.40. The summed E-state index contributed by atoms with van der Waals surface area (Å²) in [6, 6.07) is 7.07. The molecular formula is C17H20Cl2N4O. The molecular weight excluding hydrogens is 347 g/mol. The van der Waals surface area contributed by atoms with Crippen LogP contribution < -0.4 is 5.32 Å². The van der Waals surface area contributed by atoms with Gasteiger partial charge in [-0.05, 0) is 51.2 Å². The minimum Gasteiger partial charge on any atom is -0.376 e. The van der Waals surface area contributed by atoms with E-state index in [-0.39, 0.29) is 5.57 Å². The molecule has 24 heavy (non-hydrogen) atoms. The van der Waals surface area contributed by atoms with Crippen molar-refractivity contribution in [2.24, 2.45) is 0 Å². The van der Waals surface area contributed by atoms with Crippen molar-refractivity contribution in [3.8, 4) is 6.07 Å². The highest BCUT2D eigenvalue weighted by Crippen LogP contribution is 2.25. The number of benzene rings is 1. The minimum atomic E-state index is -0.485. The molecule has 0 aromatic heterocycles. The first-order valence-corrected chi connectivity index (χ1v) is 8.45. The molecule has 5 nitrogen and oxygen atoms in total. The lowest BCUT2D eigenvalue weighted by Gasteiger charge is -2.34. The molecule has 7 heteroatoms. The zero-order chi connectivity index (χ0) is 17.7. The molecule has 0 atom stereocenters. The van der Waals surface area contributed by atoms with Gasteiger partial charge in [0, 0.05) is 24.3 Å². The minimum absolute atomic E-state index is 0.0439. The van der Waals surface area contributed by atoms with Gasteiger partial charge < -0.3 is 15.1 Å². The quantitative estimate of drug-likeness (QED) is 0.655. The molecule has 1 N–H and O–H groups in total. The van der Waals surface area contributed by atoms with E-state index in [4.69, 9.17) is 23.2 Å². The number of rotatable bonds is 4. The molecule has 1 aromatic carbocycles. The van der Waals surface area contributed by atoms with Crippen LogP contribution in [0.4, 0.5) is 5.69 Å². The summed E-state index contributed by atoms with van der Waals surface area (Å²) in [6.07, 6.45) is 3.62. The highest BCUT2D eigenvalue weighted by Gasteiger charge is 2.20. The summed E-state index contributed by atoms with van der Waals surface area (Å²) in [6.45, 7) is 2.02. The van der Waals surface area contributed by atoms with Crippen LogP contribution in [0.1, 0.15) is 12.8 Å². The number of nitrogens with one attached hydrogen (secondary N) is 1. The van der Waals surface area contributed by atoms with Crippen LogP contribution in [0.2, 0.25) is 10.0 Å². The summed E-state index contributed by atoms with van der Waals surface area (Å²) in [4.78, 5) is 16.5. The van der Waals surface area contributed by atoms with Crippen molar-refractivity contribution in [3.63, 3.8) is 0 Å². The maximum Gasteiger partial charge on any atom is 0.267 e. The molecule has 1 aliphatic rings. The van der Waals surface area contributed by atoms with Crippen molar-refractivity contribution in [2.45, 2.75) is 18.9 Å². The Morgan fingerprint density at radius 2 is 2.08 bits per heavy atom. The third kappa shape index (κ3) is 4.88. The molecule has 0 saturated carbocycles. The second-order valence-corrected chi connectivity index (χ2v) is 6.78. The van der Waals surface area contributed by atoms with E-state index in [1.165, 1.54) is 0 Å². The van der Waals surface area contributed by atoms with Crippen molar-refractivity contribution < 1.29 is 4.79 Å². The first kappa shape index (κ1) is 18.6. The van der Waals surface area contributed by atoms with Crippen molar-refractivity contribution in [1.29, 1.82) is 5.26 Å². The normalized spacial score (nSPS) is 16.5. The van der Waals surface area contributed by atoms with Crippen molar-refractivity contribution in [1.82, 2.24) is 9.80 Å². The fraction of sp³-hybridized carbons (Fsp3) is 0.412. The SMILES string of the molecule is CN1CCC(N(C)/C=C(/C#N)C(=O)Nc2ccc(Cl)cc2Cl)CC1. The number of likely N-dealkylation sites (tertiary alicyclic amines) is 1. The van der Waals surface area contributed by atoms with Crippen LogP contribution in [0.5, 0.6) is 0 Å². The maximum absolute atomic E-state index is 12.3. The van der Waals surface area contributed by atoms with Gasteiger partial charge in [0.15, 0.2) is 0 Å². The van der Waals surface area contributed by atoms with E-state index in [0.717, 1.165) is 25.9 Å². The zero-order valence-electron chi connectivity index (χ0n) is 13.7. The van der Waals surface area contributed by atoms with Gasteiger partial charge in [0.1, 0.15) is 11.6 Å². The highest BCUT2D eigenvalue weighted by molar-refractivity contribution is 6.36. The molecule has 1 aromatic rings. The number of hydrogen-bond donors (Lipinski definition) is 1. The Morgan fingerprint density at radius 3 is 2.67 bits per heavy atom. The van der Waals surface area contributed by atoms with Gasteiger partial charge in [0.05, 0.1) is 10.7 Å². The van der Waals surface area contributed by atoms with Crippen LogP contribution in [-0.2, 0) is 4.79 Å². The summed E-state index contributed by atoms with van der Waals surface area (Å²) in [7, 11) is 3.99. The van der Waals surface area contributed by atoms with E-state index in [9.17, 15) is 10.1 Å². The van der Waals surface area contributed by atoms with Crippen molar-refractivity contribution >= 4 is 34.8 Å². The standard InChI is InChI=1S/C17H20Cl2N4O/c1-22-7-5-14(6-8-22)23(2)11-12(10-20)17(24)21-16-4-3-13(18)9-15(16)19/h3-4,9,11,14H,5-8H2,1-2H3,(H,21,24)/b12-11-. The van der Waals surface area contributed by atoms with Gasteiger partial charge in [-0.2, -0.15) is 5.26 Å². The number of nitriles is 1. The largest absolute Gasteiger partial charge is 0.376 e. The topological polar surface area (TPSA) is 59.4 Å². The van der Waals surface area contributed by atoms with Crippen molar-refractivity contribution in [2.75, 3.05) is 32.5 Å². The van der Waals surface area contributed by atoms with Crippen LogP contribution in [-0.4, -0.2) is 48.9 Å². The fourth-order valence-electron chi connectivity index (χ4n) is 2.63. The molecule has 0 spiro atoms. The second-order valence-electron chi connectivity index (χ2n) is 5.93. The first-order valence-electron chi connectivity index (χ1n) is 7.69. The molecule has 0 radical (unpaired) electrons. The second kappa shape index (κ2) is 8.39. The molecule has 1 fully saturated rings. The molecule has 2 rings (SSSR count). The predicted molar refractivity (Wildman–Crippen MR) is 97.1 cm³/mol. The molecule has 1 aliphatic heterocycles. The monoisotopic (exact) mass is 366 g/mol. The number of carbonyl (C=O) groups is 1. The average Bonchev–Trinajstić information content (AvgIpc) is 2.55. The van der Waals surface area contributed by atoms with Gasteiger partial charge in [-0.15, -0.1) is 0 Å². The Hall–Kier alpha value is -1.74. The third-order valence-electron chi connectivity index (χ3n) is 4.14. The van der Waals surface area contributed by atoms with E-state index >= 15 is 0 Å². The van der Waals surface area contributed by atoms with E-state index in [1.807, 2.05) is 18.0 Å². The van der Waals surface area contributed by atoms with Gasteiger partial charge in [0.2, 0.25) is 0 Å². The van der Waals surface area contributed by atoms with Crippen LogP contribution in [0.3, 0.4) is 0 Å². The number of carbonyl (C=O) groups excluding carboxylic acids is 1. The number of halogens is 2. The molecule has 1 amide bonds. The van der Waals surface area contributed by atoms with Gasteiger partial charge >= 0.3 is 0 Å².